The number of thioether (sulfide) groups is 1. The normalized spacial score (nSPS) is 23.4. The van der Waals surface area contributed by atoms with Crippen LogP contribution < -0.4 is 10.5 Å². The molecule has 2 aliphatic rings. The summed E-state index contributed by atoms with van der Waals surface area (Å²) in [5.41, 5.74) is 0.700. The van der Waals surface area contributed by atoms with Crippen molar-refractivity contribution in [3.63, 3.8) is 0 Å². The van der Waals surface area contributed by atoms with Crippen LogP contribution in [0.1, 0.15) is 19.4 Å². The zero-order valence-electron chi connectivity index (χ0n) is 17.6. The Morgan fingerprint density at radius 3 is 2.74 bits per heavy atom. The average Bonchev–Trinajstić information content (AvgIpc) is 3.00. The van der Waals surface area contributed by atoms with Crippen molar-refractivity contribution in [3.8, 4) is 0 Å². The van der Waals surface area contributed by atoms with Crippen LogP contribution in [0.2, 0.25) is 0 Å². The van der Waals surface area contributed by atoms with Gasteiger partial charge in [0.15, 0.2) is 0 Å². The highest BCUT2D eigenvalue weighted by Crippen LogP contribution is 2.33. The first kappa shape index (κ1) is 21.9. The molecule has 0 aliphatic carbocycles. The Hall–Kier alpha value is -2.27. The summed E-state index contributed by atoms with van der Waals surface area (Å²) >= 11 is 6.56. The topological polar surface area (TPSA) is 76.4 Å². The lowest BCUT2D eigenvalue weighted by molar-refractivity contribution is -0.122. The molecule has 0 radical (unpaired) electrons. The molecular weight excluding hydrogens is 436 g/mol. The van der Waals surface area contributed by atoms with Gasteiger partial charge in [-0.15, -0.1) is 0 Å². The molecule has 2 atom stereocenters. The van der Waals surface area contributed by atoms with Gasteiger partial charge >= 0.3 is 0 Å². The van der Waals surface area contributed by atoms with Gasteiger partial charge in [0.1, 0.15) is 15.8 Å². The third kappa shape index (κ3) is 4.38. The molecule has 31 heavy (non-hydrogen) atoms. The van der Waals surface area contributed by atoms with Crippen LogP contribution in [0.15, 0.2) is 34.1 Å². The molecular formula is C21H24N4O4S2. The minimum absolute atomic E-state index is 0.000112. The van der Waals surface area contributed by atoms with Crippen molar-refractivity contribution in [2.24, 2.45) is 0 Å². The number of thiocarbonyl (C=S) groups is 1. The molecule has 2 saturated heterocycles. The van der Waals surface area contributed by atoms with Crippen LogP contribution in [0.5, 0.6) is 0 Å². The van der Waals surface area contributed by atoms with Gasteiger partial charge in [-0.05, 0) is 32.1 Å². The van der Waals surface area contributed by atoms with Gasteiger partial charge in [0.2, 0.25) is 0 Å². The molecule has 10 heteroatoms. The van der Waals surface area contributed by atoms with Crippen LogP contribution in [-0.4, -0.2) is 70.1 Å². The average molecular weight is 461 g/mol. The molecule has 2 aromatic rings. The quantitative estimate of drug-likeness (QED) is 0.496. The number of rotatable bonds is 5. The summed E-state index contributed by atoms with van der Waals surface area (Å²) in [4.78, 5) is 35.1. The van der Waals surface area contributed by atoms with E-state index in [1.165, 1.54) is 21.1 Å². The van der Waals surface area contributed by atoms with E-state index in [0.29, 0.717) is 52.5 Å². The van der Waals surface area contributed by atoms with Crippen LogP contribution in [0.3, 0.4) is 0 Å². The van der Waals surface area contributed by atoms with Gasteiger partial charge in [-0.2, -0.15) is 0 Å². The van der Waals surface area contributed by atoms with Gasteiger partial charge in [-0.3, -0.25) is 18.9 Å². The second-order valence-corrected chi connectivity index (χ2v) is 9.25. The minimum atomic E-state index is -0.227. The molecule has 1 amide bonds. The predicted octanol–water partition coefficient (Wildman–Crippen LogP) is 2.16. The first-order valence-corrected chi connectivity index (χ1v) is 11.3. The molecule has 8 nitrogen and oxygen atoms in total. The van der Waals surface area contributed by atoms with Crippen molar-refractivity contribution in [2.75, 3.05) is 38.3 Å². The number of hydrogen-bond acceptors (Lipinski definition) is 8. The van der Waals surface area contributed by atoms with E-state index in [4.69, 9.17) is 26.7 Å². The Balaban J connectivity index is 1.82. The van der Waals surface area contributed by atoms with E-state index in [0.717, 1.165) is 0 Å². The van der Waals surface area contributed by atoms with E-state index in [1.807, 2.05) is 19.9 Å². The molecule has 164 valence electrons. The number of methoxy groups -OCH3 is 1. The Labute approximate surface area is 189 Å². The first-order valence-electron chi connectivity index (χ1n) is 10.0. The Bertz CT molecular complexity index is 1110. The van der Waals surface area contributed by atoms with E-state index >= 15 is 0 Å². The van der Waals surface area contributed by atoms with E-state index in [-0.39, 0.29) is 23.7 Å². The zero-order valence-corrected chi connectivity index (χ0v) is 19.2. The van der Waals surface area contributed by atoms with Crippen molar-refractivity contribution >= 4 is 51.7 Å². The number of hydrogen-bond donors (Lipinski definition) is 0. The summed E-state index contributed by atoms with van der Waals surface area (Å²) in [5, 5.41) is 0. The lowest BCUT2D eigenvalue weighted by Gasteiger charge is -2.36. The van der Waals surface area contributed by atoms with Crippen LogP contribution in [0.4, 0.5) is 5.82 Å². The highest BCUT2D eigenvalue weighted by atomic mass is 32.2. The number of carbonyl (C=O) groups excluding carboxylic acids is 1. The molecule has 4 heterocycles. The molecule has 0 bridgehead atoms. The van der Waals surface area contributed by atoms with Gasteiger partial charge in [0.25, 0.3) is 11.5 Å². The zero-order chi connectivity index (χ0) is 22.1. The highest BCUT2D eigenvalue weighted by molar-refractivity contribution is 8.26. The van der Waals surface area contributed by atoms with Gasteiger partial charge in [-0.25, -0.2) is 4.98 Å². The van der Waals surface area contributed by atoms with E-state index in [9.17, 15) is 9.59 Å². The van der Waals surface area contributed by atoms with Gasteiger partial charge in [-0.1, -0.05) is 30.0 Å². The standard InChI is InChI=1S/C21H24N4O4S2/c1-13-11-23(12-14(2)29-13)18-15(19(26)24-7-5-4-6-17(24)22-18)10-16-20(27)25(8-9-28-3)21(30)31-16/h4-7,10,13-14H,8-9,11-12H2,1-3H3/b16-10-/t13-,14+. The van der Waals surface area contributed by atoms with E-state index in [1.54, 1.807) is 31.5 Å². The molecule has 4 rings (SSSR count). The largest absolute Gasteiger partial charge is 0.383 e. The summed E-state index contributed by atoms with van der Waals surface area (Å²) in [7, 11) is 1.58. The molecule has 0 spiro atoms. The van der Waals surface area contributed by atoms with Crippen molar-refractivity contribution in [3.05, 3.63) is 45.2 Å². The smallest absolute Gasteiger partial charge is 0.267 e. The third-order valence-corrected chi connectivity index (χ3v) is 6.51. The summed E-state index contributed by atoms with van der Waals surface area (Å²) in [6.45, 7) is 5.96. The predicted molar refractivity (Wildman–Crippen MR) is 125 cm³/mol. The summed E-state index contributed by atoms with van der Waals surface area (Å²) in [6.07, 6.45) is 3.31. The molecule has 0 aromatic carbocycles. The number of nitrogens with zero attached hydrogens (tertiary/aromatic N) is 4. The minimum Gasteiger partial charge on any atom is -0.383 e. The molecule has 0 N–H and O–H groups in total. The van der Waals surface area contributed by atoms with Gasteiger partial charge in [0.05, 0.1) is 35.8 Å². The summed E-state index contributed by atoms with van der Waals surface area (Å²) in [6, 6.07) is 5.42. The lowest BCUT2D eigenvalue weighted by Crippen LogP contribution is -2.46. The monoisotopic (exact) mass is 460 g/mol. The van der Waals surface area contributed by atoms with Gasteiger partial charge < -0.3 is 14.4 Å². The molecule has 2 aromatic heterocycles. The van der Waals surface area contributed by atoms with Crippen molar-refractivity contribution in [1.82, 2.24) is 14.3 Å². The second kappa shape index (κ2) is 9.07. The maximum atomic E-state index is 13.4. The fourth-order valence-electron chi connectivity index (χ4n) is 3.82. The van der Waals surface area contributed by atoms with Crippen LogP contribution in [-0.2, 0) is 14.3 Å². The maximum absolute atomic E-state index is 13.4. The summed E-state index contributed by atoms with van der Waals surface area (Å²) in [5.74, 6) is 0.333. The highest BCUT2D eigenvalue weighted by Gasteiger charge is 2.33. The summed E-state index contributed by atoms with van der Waals surface area (Å²) < 4.78 is 12.9. The van der Waals surface area contributed by atoms with Crippen LogP contribution >= 0.6 is 24.0 Å². The Morgan fingerprint density at radius 1 is 1.29 bits per heavy atom. The molecule has 2 aliphatic heterocycles. The molecule has 0 saturated carbocycles. The van der Waals surface area contributed by atoms with E-state index < -0.39 is 0 Å². The second-order valence-electron chi connectivity index (χ2n) is 7.57. The first-order chi connectivity index (χ1) is 14.9. The van der Waals surface area contributed by atoms with Crippen molar-refractivity contribution in [2.45, 2.75) is 26.1 Å². The Kier molecular flexibility index (Phi) is 6.42. The number of amides is 1. The molecule has 2 fully saturated rings. The SMILES string of the molecule is COCCN1C(=O)/C(=C/c2c(N3C[C@@H](C)O[C@@H](C)C3)nc3ccccn3c2=O)SC1=S. The lowest BCUT2D eigenvalue weighted by atomic mass is 10.2. The third-order valence-electron chi connectivity index (χ3n) is 5.14. The van der Waals surface area contributed by atoms with Crippen molar-refractivity contribution < 1.29 is 14.3 Å². The van der Waals surface area contributed by atoms with Crippen LogP contribution in [0.25, 0.3) is 11.7 Å². The van der Waals surface area contributed by atoms with E-state index in [2.05, 4.69) is 4.90 Å². The van der Waals surface area contributed by atoms with Crippen LogP contribution in [0, 0.1) is 0 Å². The molecule has 0 unspecified atom stereocenters. The fourth-order valence-corrected chi connectivity index (χ4v) is 5.11. The Morgan fingerprint density at radius 2 is 2.03 bits per heavy atom. The number of aromatic nitrogens is 2. The number of anilines is 1. The number of ether oxygens (including phenoxy) is 2. The number of morpholine rings is 1. The number of pyridine rings is 1. The number of carbonyl (C=O) groups is 1. The maximum Gasteiger partial charge on any atom is 0.267 e. The fraction of sp³-hybridized carbons (Fsp3) is 0.429. The van der Waals surface area contributed by atoms with Gasteiger partial charge in [0, 0.05) is 26.4 Å². The van der Waals surface area contributed by atoms with Crippen molar-refractivity contribution in [1.29, 1.82) is 0 Å². The number of fused-ring (bicyclic) bond motifs is 1.